The third-order valence-electron chi connectivity index (χ3n) is 6.58. The second-order valence-corrected chi connectivity index (χ2v) is 9.82. The zero-order chi connectivity index (χ0) is 21.9. The lowest BCUT2D eigenvalue weighted by atomic mass is 9.90. The summed E-state index contributed by atoms with van der Waals surface area (Å²) < 4.78 is 5.84. The number of rotatable bonds is 6. The van der Waals surface area contributed by atoms with Crippen LogP contribution in [-0.4, -0.2) is 23.1 Å². The van der Waals surface area contributed by atoms with E-state index in [1.807, 2.05) is 13.0 Å². The molecule has 4 nitrogen and oxygen atoms in total. The van der Waals surface area contributed by atoms with Crippen molar-refractivity contribution in [3.8, 4) is 6.07 Å². The number of allylic oxidation sites excluding steroid dienone is 1. The number of nitrogens with zero attached hydrogens (tertiary/aromatic N) is 3. The number of fused-ring (bicyclic) bond motifs is 2. The molecule has 5 rings (SSSR count). The Morgan fingerprint density at radius 2 is 2.03 bits per heavy atom. The van der Waals surface area contributed by atoms with Crippen molar-refractivity contribution >= 4 is 39.2 Å². The monoisotopic (exact) mass is 441 g/mol. The van der Waals surface area contributed by atoms with E-state index in [4.69, 9.17) is 9.78 Å². The summed E-state index contributed by atoms with van der Waals surface area (Å²) in [4.78, 5) is 4.61. The lowest BCUT2D eigenvalue weighted by molar-refractivity contribution is 0.173. The largest absolute Gasteiger partial charge is 0.355 e. The van der Waals surface area contributed by atoms with Crippen LogP contribution in [0.5, 0.6) is 0 Å². The molecule has 0 saturated carbocycles. The Bertz CT molecular complexity index is 1300. The van der Waals surface area contributed by atoms with Gasteiger partial charge in [-0.05, 0) is 80.6 Å². The Balaban J connectivity index is 1.25. The molecule has 0 bridgehead atoms. The third kappa shape index (κ3) is 4.21. The summed E-state index contributed by atoms with van der Waals surface area (Å²) in [5.74, 6) is 0.728. The maximum Gasteiger partial charge on any atom is 0.174 e. The lowest BCUT2D eigenvalue weighted by Gasteiger charge is -2.31. The molecule has 162 valence electrons. The maximum atomic E-state index is 9.02. The van der Waals surface area contributed by atoms with Gasteiger partial charge in [-0.25, -0.2) is 0 Å². The Labute approximate surface area is 192 Å². The third-order valence-corrected chi connectivity index (χ3v) is 7.55. The van der Waals surface area contributed by atoms with E-state index in [1.165, 1.54) is 28.5 Å². The molecule has 32 heavy (non-hydrogen) atoms. The van der Waals surface area contributed by atoms with Crippen LogP contribution in [-0.2, 0) is 13.0 Å². The quantitative estimate of drug-likeness (QED) is 0.330. The van der Waals surface area contributed by atoms with Gasteiger partial charge in [0.1, 0.15) is 10.9 Å². The Morgan fingerprint density at radius 3 is 2.81 bits per heavy atom. The first-order valence-electron chi connectivity index (χ1n) is 11.4. The van der Waals surface area contributed by atoms with Crippen LogP contribution in [0.2, 0.25) is 0 Å². The van der Waals surface area contributed by atoms with E-state index in [9.17, 15) is 0 Å². The summed E-state index contributed by atoms with van der Waals surface area (Å²) in [5.41, 5.74) is 3.11. The summed E-state index contributed by atoms with van der Waals surface area (Å²) in [7, 11) is 0. The van der Waals surface area contributed by atoms with E-state index in [1.54, 1.807) is 11.3 Å². The standard InChI is InChI=1S/C27H27N3OS/c1-2-5-24-23-7-4-3-6-20(23)16-25-26(29-31-27(24)25)11-8-19-12-14-30(15-13-19)18-22-10-9-21(17-28)32-22/h2-7,9-10,16,19H,8,11-15,18H2,1H3/b5-2-. The van der Waals surface area contributed by atoms with Gasteiger partial charge in [-0.15, -0.1) is 11.3 Å². The van der Waals surface area contributed by atoms with Crippen molar-refractivity contribution < 1.29 is 4.52 Å². The topological polar surface area (TPSA) is 53.1 Å². The highest BCUT2D eigenvalue weighted by atomic mass is 32.1. The first kappa shape index (κ1) is 20.9. The molecule has 0 spiro atoms. The van der Waals surface area contributed by atoms with Crippen LogP contribution in [0.15, 0.2) is 53.1 Å². The van der Waals surface area contributed by atoms with E-state index < -0.39 is 0 Å². The van der Waals surface area contributed by atoms with Crippen LogP contribution in [0.1, 0.15) is 47.2 Å². The summed E-state index contributed by atoms with van der Waals surface area (Å²) in [6.45, 7) is 5.26. The molecule has 2 aromatic heterocycles. The summed E-state index contributed by atoms with van der Waals surface area (Å²) in [6.07, 6.45) is 8.75. The normalized spacial score (nSPS) is 15.8. The molecule has 3 heterocycles. The van der Waals surface area contributed by atoms with E-state index >= 15 is 0 Å². The fourth-order valence-corrected chi connectivity index (χ4v) is 5.70. The number of benzene rings is 2. The van der Waals surface area contributed by atoms with Crippen molar-refractivity contribution in [2.24, 2.45) is 5.92 Å². The van der Waals surface area contributed by atoms with E-state index in [-0.39, 0.29) is 0 Å². The van der Waals surface area contributed by atoms with Gasteiger partial charge in [-0.3, -0.25) is 4.90 Å². The van der Waals surface area contributed by atoms with E-state index in [0.29, 0.717) is 0 Å². The van der Waals surface area contributed by atoms with Crippen LogP contribution < -0.4 is 0 Å². The molecule has 1 aliphatic rings. The number of aryl methyl sites for hydroxylation is 1. The first-order valence-corrected chi connectivity index (χ1v) is 12.2. The highest BCUT2D eigenvalue weighted by molar-refractivity contribution is 7.12. The number of hydrogen-bond donors (Lipinski definition) is 0. The fraction of sp³-hybridized carbons (Fsp3) is 0.333. The van der Waals surface area contributed by atoms with Gasteiger partial charge in [0.05, 0.1) is 5.69 Å². The zero-order valence-corrected chi connectivity index (χ0v) is 19.2. The van der Waals surface area contributed by atoms with Crippen molar-refractivity contribution in [2.45, 2.75) is 39.2 Å². The van der Waals surface area contributed by atoms with Gasteiger partial charge in [0, 0.05) is 22.4 Å². The second-order valence-electron chi connectivity index (χ2n) is 8.65. The molecule has 4 aromatic rings. The van der Waals surface area contributed by atoms with Gasteiger partial charge in [-0.1, -0.05) is 41.6 Å². The van der Waals surface area contributed by atoms with Crippen LogP contribution in [0.4, 0.5) is 0 Å². The van der Waals surface area contributed by atoms with Crippen LogP contribution >= 0.6 is 11.3 Å². The minimum atomic E-state index is 0.728. The van der Waals surface area contributed by atoms with Gasteiger partial charge in [0.2, 0.25) is 0 Å². The molecular weight excluding hydrogens is 414 g/mol. The number of piperidine rings is 1. The van der Waals surface area contributed by atoms with Crippen molar-refractivity contribution in [2.75, 3.05) is 13.1 Å². The zero-order valence-electron chi connectivity index (χ0n) is 18.4. The number of nitriles is 1. The molecule has 2 aromatic carbocycles. The van der Waals surface area contributed by atoms with Crippen LogP contribution in [0.25, 0.3) is 27.8 Å². The second kappa shape index (κ2) is 9.28. The molecule has 0 amide bonds. The molecule has 1 saturated heterocycles. The summed E-state index contributed by atoms with van der Waals surface area (Å²) in [6, 6.07) is 17.0. The molecule has 0 atom stereocenters. The predicted octanol–water partition coefficient (Wildman–Crippen LogP) is 6.79. The molecule has 0 N–H and O–H groups in total. The SMILES string of the molecule is C/C=C\c1c2ccccc2cc2c(CCC3CCN(Cc4ccc(C#N)s4)CC3)noc12. The van der Waals surface area contributed by atoms with Crippen molar-refractivity contribution in [1.82, 2.24) is 10.1 Å². The van der Waals surface area contributed by atoms with Crippen molar-refractivity contribution in [3.05, 3.63) is 69.6 Å². The molecule has 1 fully saturated rings. The predicted molar refractivity (Wildman–Crippen MR) is 132 cm³/mol. The van der Waals surface area contributed by atoms with E-state index in [0.717, 1.165) is 65.5 Å². The highest BCUT2D eigenvalue weighted by Gasteiger charge is 2.21. The Hall–Kier alpha value is -2.94. The number of likely N-dealkylation sites (tertiary alicyclic amines) is 1. The van der Waals surface area contributed by atoms with Gasteiger partial charge in [0.15, 0.2) is 5.58 Å². The van der Waals surface area contributed by atoms with Gasteiger partial charge >= 0.3 is 0 Å². The van der Waals surface area contributed by atoms with Gasteiger partial charge in [-0.2, -0.15) is 5.26 Å². The summed E-state index contributed by atoms with van der Waals surface area (Å²) in [5, 5.41) is 17.1. The number of hydrogen-bond acceptors (Lipinski definition) is 5. The minimum Gasteiger partial charge on any atom is -0.355 e. The van der Waals surface area contributed by atoms with Crippen LogP contribution in [0, 0.1) is 17.2 Å². The highest BCUT2D eigenvalue weighted by Crippen LogP contribution is 2.33. The molecule has 0 unspecified atom stereocenters. The molecule has 0 aliphatic carbocycles. The first-order chi connectivity index (χ1) is 15.7. The maximum absolute atomic E-state index is 9.02. The fourth-order valence-electron chi connectivity index (χ4n) is 4.85. The molecule has 5 heteroatoms. The lowest BCUT2D eigenvalue weighted by Crippen LogP contribution is -2.33. The Morgan fingerprint density at radius 1 is 1.19 bits per heavy atom. The minimum absolute atomic E-state index is 0.728. The van der Waals surface area contributed by atoms with Gasteiger partial charge in [0.25, 0.3) is 0 Å². The number of thiophene rings is 1. The van der Waals surface area contributed by atoms with Crippen LogP contribution in [0.3, 0.4) is 0 Å². The van der Waals surface area contributed by atoms with Crippen molar-refractivity contribution in [1.29, 1.82) is 5.26 Å². The van der Waals surface area contributed by atoms with Gasteiger partial charge < -0.3 is 4.52 Å². The molecule has 0 radical (unpaired) electrons. The summed E-state index contributed by atoms with van der Waals surface area (Å²) >= 11 is 1.62. The average Bonchev–Trinajstić information content (AvgIpc) is 3.45. The smallest absolute Gasteiger partial charge is 0.174 e. The molecular formula is C27H27N3OS. The Kier molecular flexibility index (Phi) is 6.07. The number of aromatic nitrogens is 1. The average molecular weight is 442 g/mol. The van der Waals surface area contributed by atoms with E-state index in [2.05, 4.69) is 64.7 Å². The van der Waals surface area contributed by atoms with Crippen molar-refractivity contribution in [3.63, 3.8) is 0 Å². The molecule has 1 aliphatic heterocycles.